The third-order valence-corrected chi connectivity index (χ3v) is 6.00. The molecule has 0 spiro atoms. The van der Waals surface area contributed by atoms with Gasteiger partial charge in [0.15, 0.2) is 0 Å². The standard InChI is InChI=1S/C21H29Cl2N3O3/c1-3-25(4-2)11-6-12-26-14-16(19(27)21(26)29)20(28)24-10-5-7-15-8-9-17(22)18(23)13-15/h8-9,13,16H,3-7,10-12,14H2,1-2H3,(H,24,28). The van der Waals surface area contributed by atoms with Crippen molar-refractivity contribution in [1.82, 2.24) is 15.1 Å². The summed E-state index contributed by atoms with van der Waals surface area (Å²) in [6.45, 7) is 8.07. The highest BCUT2D eigenvalue weighted by molar-refractivity contribution is 6.42. The normalized spacial score (nSPS) is 16.7. The molecule has 0 bridgehead atoms. The molecule has 0 saturated carbocycles. The number of hydrogen-bond donors (Lipinski definition) is 1. The molecule has 1 atom stereocenters. The number of Topliss-reactive ketones (excluding diaryl/α,β-unsaturated/α-hetero) is 1. The van der Waals surface area contributed by atoms with E-state index in [4.69, 9.17) is 23.2 Å². The number of carbonyl (C=O) groups excluding carboxylic acids is 3. The average Bonchev–Trinajstić information content (AvgIpc) is 2.99. The molecule has 160 valence electrons. The first kappa shape index (κ1) is 23.6. The van der Waals surface area contributed by atoms with E-state index in [1.807, 2.05) is 6.07 Å². The van der Waals surface area contributed by atoms with Crippen LogP contribution in [0.4, 0.5) is 0 Å². The fraction of sp³-hybridized carbons (Fsp3) is 0.571. The van der Waals surface area contributed by atoms with Gasteiger partial charge in [-0.25, -0.2) is 0 Å². The van der Waals surface area contributed by atoms with E-state index < -0.39 is 17.6 Å². The fourth-order valence-corrected chi connectivity index (χ4v) is 3.75. The Kier molecular flexibility index (Phi) is 9.40. The number of nitrogens with one attached hydrogen (secondary N) is 1. The minimum Gasteiger partial charge on any atom is -0.355 e. The van der Waals surface area contributed by atoms with Crippen molar-refractivity contribution in [2.45, 2.75) is 33.1 Å². The van der Waals surface area contributed by atoms with Crippen molar-refractivity contribution in [3.05, 3.63) is 33.8 Å². The van der Waals surface area contributed by atoms with E-state index in [9.17, 15) is 14.4 Å². The van der Waals surface area contributed by atoms with Gasteiger partial charge in [0.25, 0.3) is 5.91 Å². The zero-order valence-corrected chi connectivity index (χ0v) is 18.6. The Morgan fingerprint density at radius 2 is 1.90 bits per heavy atom. The first-order chi connectivity index (χ1) is 13.9. The van der Waals surface area contributed by atoms with E-state index in [1.54, 1.807) is 12.1 Å². The Hall–Kier alpha value is -1.63. The van der Waals surface area contributed by atoms with Gasteiger partial charge in [-0.15, -0.1) is 0 Å². The molecule has 1 aliphatic heterocycles. The molecule has 0 radical (unpaired) electrons. The number of carbonyl (C=O) groups is 3. The van der Waals surface area contributed by atoms with Crippen LogP contribution in [-0.2, 0) is 20.8 Å². The van der Waals surface area contributed by atoms with E-state index in [2.05, 4.69) is 24.1 Å². The highest BCUT2D eigenvalue weighted by Crippen LogP contribution is 2.23. The minimum absolute atomic E-state index is 0.175. The van der Waals surface area contributed by atoms with Gasteiger partial charge in [0.05, 0.1) is 10.0 Å². The van der Waals surface area contributed by atoms with E-state index in [0.29, 0.717) is 29.6 Å². The van der Waals surface area contributed by atoms with Gasteiger partial charge in [-0.3, -0.25) is 14.4 Å². The van der Waals surface area contributed by atoms with Crippen molar-refractivity contribution in [3.63, 3.8) is 0 Å². The van der Waals surface area contributed by atoms with Gasteiger partial charge in [0.2, 0.25) is 11.7 Å². The lowest BCUT2D eigenvalue weighted by Gasteiger charge is -2.20. The van der Waals surface area contributed by atoms with Crippen LogP contribution in [0.1, 0.15) is 32.3 Å². The molecule has 1 unspecified atom stereocenters. The number of amides is 2. The van der Waals surface area contributed by atoms with Gasteiger partial charge in [-0.1, -0.05) is 43.1 Å². The van der Waals surface area contributed by atoms with Crippen LogP contribution in [0, 0.1) is 5.92 Å². The van der Waals surface area contributed by atoms with Crippen LogP contribution in [0.25, 0.3) is 0 Å². The smallest absolute Gasteiger partial charge is 0.290 e. The lowest BCUT2D eigenvalue weighted by atomic mass is 10.1. The number of ketones is 1. The molecular weight excluding hydrogens is 413 g/mol. The Labute approximate surface area is 182 Å². The van der Waals surface area contributed by atoms with Gasteiger partial charge in [-0.2, -0.15) is 0 Å². The van der Waals surface area contributed by atoms with Crippen LogP contribution < -0.4 is 5.32 Å². The average molecular weight is 442 g/mol. The van der Waals surface area contributed by atoms with Crippen LogP contribution >= 0.6 is 23.2 Å². The second-order valence-electron chi connectivity index (χ2n) is 7.19. The summed E-state index contributed by atoms with van der Waals surface area (Å²) in [5.74, 6) is -2.42. The number of rotatable bonds is 11. The maximum atomic E-state index is 12.4. The minimum atomic E-state index is -0.902. The van der Waals surface area contributed by atoms with Gasteiger partial charge in [0.1, 0.15) is 5.92 Å². The summed E-state index contributed by atoms with van der Waals surface area (Å²) in [5.41, 5.74) is 1.03. The SMILES string of the molecule is CCN(CC)CCCN1CC(C(=O)NCCCc2ccc(Cl)c(Cl)c2)C(=O)C1=O. The maximum absolute atomic E-state index is 12.4. The van der Waals surface area contributed by atoms with Crippen molar-refractivity contribution in [3.8, 4) is 0 Å². The van der Waals surface area contributed by atoms with Crippen molar-refractivity contribution in [2.24, 2.45) is 5.92 Å². The van der Waals surface area contributed by atoms with Crippen LogP contribution in [0.5, 0.6) is 0 Å². The monoisotopic (exact) mass is 441 g/mol. The summed E-state index contributed by atoms with van der Waals surface area (Å²) in [6, 6.07) is 5.45. The van der Waals surface area contributed by atoms with E-state index in [-0.39, 0.29) is 12.5 Å². The third kappa shape index (κ3) is 6.69. The van der Waals surface area contributed by atoms with Crippen molar-refractivity contribution < 1.29 is 14.4 Å². The molecular formula is C21H29Cl2N3O3. The Balaban J connectivity index is 1.74. The van der Waals surface area contributed by atoms with E-state index >= 15 is 0 Å². The predicted octanol–water partition coefficient (Wildman–Crippen LogP) is 2.80. The molecule has 1 saturated heterocycles. The molecule has 1 aromatic carbocycles. The van der Waals surface area contributed by atoms with Gasteiger partial charge in [-0.05, 0) is 56.6 Å². The molecule has 29 heavy (non-hydrogen) atoms. The summed E-state index contributed by atoms with van der Waals surface area (Å²) in [4.78, 5) is 40.5. The summed E-state index contributed by atoms with van der Waals surface area (Å²) in [5, 5.41) is 3.79. The van der Waals surface area contributed by atoms with Gasteiger partial charge < -0.3 is 15.1 Å². The largest absolute Gasteiger partial charge is 0.355 e. The first-order valence-corrected chi connectivity index (χ1v) is 10.9. The van der Waals surface area contributed by atoms with Crippen molar-refractivity contribution >= 4 is 40.8 Å². The number of halogens is 2. The van der Waals surface area contributed by atoms with Crippen molar-refractivity contribution in [2.75, 3.05) is 39.3 Å². The highest BCUT2D eigenvalue weighted by atomic mass is 35.5. The highest BCUT2D eigenvalue weighted by Gasteiger charge is 2.42. The van der Waals surface area contributed by atoms with Gasteiger partial charge >= 0.3 is 0 Å². The maximum Gasteiger partial charge on any atom is 0.290 e. The summed E-state index contributed by atoms with van der Waals surface area (Å²) in [7, 11) is 0. The molecule has 1 aliphatic rings. The lowest BCUT2D eigenvalue weighted by Crippen LogP contribution is -2.36. The number of benzene rings is 1. The second-order valence-corrected chi connectivity index (χ2v) is 8.01. The Morgan fingerprint density at radius 1 is 1.17 bits per heavy atom. The lowest BCUT2D eigenvalue weighted by molar-refractivity contribution is -0.142. The summed E-state index contributed by atoms with van der Waals surface area (Å²) < 4.78 is 0. The molecule has 0 aromatic heterocycles. The first-order valence-electron chi connectivity index (χ1n) is 10.1. The zero-order valence-electron chi connectivity index (χ0n) is 17.0. The van der Waals surface area contributed by atoms with Crippen LogP contribution in [0.2, 0.25) is 10.0 Å². The second kappa shape index (κ2) is 11.5. The molecule has 6 nitrogen and oxygen atoms in total. The van der Waals surface area contributed by atoms with Gasteiger partial charge in [0, 0.05) is 19.6 Å². The number of hydrogen-bond acceptors (Lipinski definition) is 4. The summed E-state index contributed by atoms with van der Waals surface area (Å²) in [6.07, 6.45) is 2.22. The quantitative estimate of drug-likeness (QED) is 0.325. The van der Waals surface area contributed by atoms with Crippen molar-refractivity contribution in [1.29, 1.82) is 0 Å². The number of aryl methyl sites for hydroxylation is 1. The zero-order chi connectivity index (χ0) is 21.4. The van der Waals surface area contributed by atoms with E-state index in [0.717, 1.165) is 38.0 Å². The van der Waals surface area contributed by atoms with Crippen LogP contribution in [0.3, 0.4) is 0 Å². The van der Waals surface area contributed by atoms with E-state index in [1.165, 1.54) is 4.90 Å². The predicted molar refractivity (Wildman–Crippen MR) is 115 cm³/mol. The molecule has 1 aromatic rings. The fourth-order valence-electron chi connectivity index (χ4n) is 3.43. The molecule has 2 amide bonds. The Morgan fingerprint density at radius 3 is 2.55 bits per heavy atom. The topological polar surface area (TPSA) is 69.7 Å². The number of nitrogens with zero attached hydrogens (tertiary/aromatic N) is 2. The van der Waals surface area contributed by atoms with Crippen LogP contribution in [0.15, 0.2) is 18.2 Å². The summed E-state index contributed by atoms with van der Waals surface area (Å²) >= 11 is 11.9. The molecule has 0 aliphatic carbocycles. The Bertz CT molecular complexity index is 738. The van der Waals surface area contributed by atoms with Crippen LogP contribution in [-0.4, -0.2) is 66.7 Å². The third-order valence-electron chi connectivity index (χ3n) is 5.26. The number of likely N-dealkylation sites (tertiary alicyclic amines) is 1. The molecule has 1 N–H and O–H groups in total. The molecule has 2 rings (SSSR count). The molecule has 1 fully saturated rings. The molecule has 1 heterocycles. The molecule has 8 heteroatoms.